The van der Waals surface area contributed by atoms with Crippen LogP contribution in [0.2, 0.25) is 0 Å². The summed E-state index contributed by atoms with van der Waals surface area (Å²) < 4.78 is 23.7. The Morgan fingerprint density at radius 2 is 1.96 bits per heavy atom. The van der Waals surface area contributed by atoms with Crippen LogP contribution in [-0.2, 0) is 16.4 Å². The summed E-state index contributed by atoms with van der Waals surface area (Å²) in [5.74, 6) is 1.01. The highest BCUT2D eigenvalue weighted by Gasteiger charge is 2.40. The first-order valence-electron chi connectivity index (χ1n) is 9.73. The maximum absolute atomic E-state index is 12.2. The van der Waals surface area contributed by atoms with Crippen LogP contribution in [0, 0.1) is 0 Å². The van der Waals surface area contributed by atoms with Gasteiger partial charge in [-0.1, -0.05) is 30.3 Å². The van der Waals surface area contributed by atoms with Crippen molar-refractivity contribution in [1.82, 2.24) is 15.1 Å². The van der Waals surface area contributed by atoms with Crippen LogP contribution in [0.5, 0.6) is 0 Å². The van der Waals surface area contributed by atoms with E-state index < -0.39 is 14.6 Å². The lowest BCUT2D eigenvalue weighted by Gasteiger charge is -2.39. The molecule has 8 heteroatoms. The molecule has 1 N–H and O–H groups in total. The van der Waals surface area contributed by atoms with Crippen LogP contribution in [0.4, 0.5) is 0 Å². The van der Waals surface area contributed by atoms with Crippen molar-refractivity contribution >= 4 is 39.8 Å². The Hall–Kier alpha value is -0.870. The summed E-state index contributed by atoms with van der Waals surface area (Å²) in [6, 6.07) is 10.5. The minimum Gasteiger partial charge on any atom is -0.357 e. The molecule has 28 heavy (non-hydrogen) atoms. The van der Waals surface area contributed by atoms with E-state index in [9.17, 15) is 8.42 Å². The fourth-order valence-electron chi connectivity index (χ4n) is 3.25. The molecule has 0 spiro atoms. The van der Waals surface area contributed by atoms with Gasteiger partial charge in [0.05, 0.1) is 10.5 Å². The molecule has 0 atom stereocenters. The average molecular weight is 522 g/mol. The van der Waals surface area contributed by atoms with Gasteiger partial charge in [-0.15, -0.1) is 24.0 Å². The zero-order valence-corrected chi connectivity index (χ0v) is 20.7. The largest absolute Gasteiger partial charge is 0.357 e. The topological polar surface area (TPSA) is 65.0 Å². The Kier molecular flexibility index (Phi) is 10.2. The monoisotopic (exact) mass is 522 g/mol. The summed E-state index contributed by atoms with van der Waals surface area (Å²) in [5.41, 5.74) is 1.31. The second-order valence-corrected chi connectivity index (χ2v) is 10.6. The number of nitrogens with one attached hydrogen (secondary N) is 1. The third-order valence-electron chi connectivity index (χ3n) is 4.93. The number of hydrogen-bond acceptors (Lipinski definition) is 4. The average Bonchev–Trinajstić information content (AvgIpc) is 2.61. The normalized spacial score (nSPS) is 18.6. The van der Waals surface area contributed by atoms with Gasteiger partial charge in [-0.25, -0.2) is 8.42 Å². The summed E-state index contributed by atoms with van der Waals surface area (Å²) in [7, 11) is -0.915. The Labute approximate surface area is 187 Å². The molecular formula is C20H35IN4O2S. The summed E-state index contributed by atoms with van der Waals surface area (Å²) in [4.78, 5) is 9.12. The van der Waals surface area contributed by atoms with Crippen LogP contribution in [0.25, 0.3) is 0 Å². The molecule has 0 bridgehead atoms. The van der Waals surface area contributed by atoms with Crippen molar-refractivity contribution in [2.45, 2.75) is 38.5 Å². The highest BCUT2D eigenvalue weighted by Crippen LogP contribution is 2.23. The number of halogens is 1. The Morgan fingerprint density at radius 1 is 1.29 bits per heavy atom. The predicted octanol–water partition coefficient (Wildman–Crippen LogP) is 2.60. The molecule has 0 saturated carbocycles. The zero-order valence-electron chi connectivity index (χ0n) is 17.5. The van der Waals surface area contributed by atoms with Crippen molar-refractivity contribution in [2.24, 2.45) is 4.99 Å². The third kappa shape index (κ3) is 7.18. The van der Waals surface area contributed by atoms with Gasteiger partial charge in [0.2, 0.25) is 0 Å². The van der Waals surface area contributed by atoms with Gasteiger partial charge in [-0.2, -0.15) is 0 Å². The number of sulfone groups is 1. The zero-order chi connectivity index (χ0) is 19.9. The molecule has 1 heterocycles. The molecule has 0 aliphatic carbocycles. The maximum Gasteiger partial charge on any atom is 0.193 e. The molecule has 1 aliphatic heterocycles. The molecule has 1 aromatic carbocycles. The lowest BCUT2D eigenvalue weighted by Crippen LogP contribution is -2.57. The van der Waals surface area contributed by atoms with E-state index in [0.717, 1.165) is 38.6 Å². The second-order valence-electron chi connectivity index (χ2n) is 7.81. The fourth-order valence-corrected chi connectivity index (χ4v) is 4.62. The SMILES string of the molecule is CCNC(=NCCCN(C)Cc1ccccc1)N1CCS(=O)(=O)C(C)(C)C1.I. The molecule has 0 radical (unpaired) electrons. The summed E-state index contributed by atoms with van der Waals surface area (Å²) >= 11 is 0. The quantitative estimate of drug-likeness (QED) is 0.258. The lowest BCUT2D eigenvalue weighted by molar-refractivity contribution is 0.323. The number of rotatable bonds is 7. The fraction of sp³-hybridized carbons (Fsp3) is 0.650. The number of hydrogen-bond donors (Lipinski definition) is 1. The van der Waals surface area contributed by atoms with Gasteiger partial charge in [0.1, 0.15) is 0 Å². The van der Waals surface area contributed by atoms with Crippen molar-refractivity contribution in [3.63, 3.8) is 0 Å². The molecule has 1 aliphatic rings. The molecule has 160 valence electrons. The molecule has 0 unspecified atom stereocenters. The number of aliphatic imine (C=N–C) groups is 1. The molecule has 0 aromatic heterocycles. The van der Waals surface area contributed by atoms with E-state index in [1.807, 2.05) is 13.0 Å². The van der Waals surface area contributed by atoms with Crippen molar-refractivity contribution < 1.29 is 8.42 Å². The highest BCUT2D eigenvalue weighted by molar-refractivity contribution is 14.0. The van der Waals surface area contributed by atoms with Gasteiger partial charge >= 0.3 is 0 Å². The van der Waals surface area contributed by atoms with E-state index in [1.165, 1.54) is 5.56 Å². The molecular weight excluding hydrogens is 487 g/mol. The van der Waals surface area contributed by atoms with E-state index in [-0.39, 0.29) is 29.7 Å². The van der Waals surface area contributed by atoms with Crippen molar-refractivity contribution in [3.05, 3.63) is 35.9 Å². The first kappa shape index (κ1) is 25.2. The van der Waals surface area contributed by atoms with E-state index in [2.05, 4.69) is 46.4 Å². The summed E-state index contributed by atoms with van der Waals surface area (Å²) in [6.07, 6.45) is 0.966. The van der Waals surface area contributed by atoms with E-state index in [0.29, 0.717) is 13.1 Å². The number of benzene rings is 1. The van der Waals surface area contributed by atoms with Crippen LogP contribution in [0.15, 0.2) is 35.3 Å². The summed E-state index contributed by atoms with van der Waals surface area (Å²) in [5, 5.41) is 3.31. The first-order valence-corrected chi connectivity index (χ1v) is 11.4. The van der Waals surface area contributed by atoms with Crippen LogP contribution in [-0.4, -0.2) is 74.4 Å². The van der Waals surface area contributed by atoms with Crippen molar-refractivity contribution in [2.75, 3.05) is 45.5 Å². The number of guanidine groups is 1. The van der Waals surface area contributed by atoms with Gasteiger partial charge in [-0.3, -0.25) is 4.99 Å². The Balaban J connectivity index is 0.00000392. The van der Waals surface area contributed by atoms with Crippen LogP contribution >= 0.6 is 24.0 Å². The van der Waals surface area contributed by atoms with Gasteiger partial charge < -0.3 is 15.1 Å². The second kappa shape index (κ2) is 11.3. The van der Waals surface area contributed by atoms with Crippen LogP contribution in [0.3, 0.4) is 0 Å². The minimum atomic E-state index is -3.04. The molecule has 2 rings (SSSR count). The predicted molar refractivity (Wildman–Crippen MR) is 128 cm³/mol. The standard InChI is InChI=1S/C20H34N4O2S.HI/c1-5-21-19(24-14-15-27(25,26)20(2,3)17-24)22-12-9-13-23(4)16-18-10-7-6-8-11-18;/h6-8,10-11H,5,9,12-17H2,1-4H3,(H,21,22);1H. The molecule has 0 amide bonds. The Morgan fingerprint density at radius 3 is 2.57 bits per heavy atom. The highest BCUT2D eigenvalue weighted by atomic mass is 127. The van der Waals surface area contributed by atoms with E-state index >= 15 is 0 Å². The molecule has 6 nitrogen and oxygen atoms in total. The van der Waals surface area contributed by atoms with E-state index in [4.69, 9.17) is 4.99 Å². The van der Waals surface area contributed by atoms with Gasteiger partial charge in [0.25, 0.3) is 0 Å². The van der Waals surface area contributed by atoms with Crippen molar-refractivity contribution in [1.29, 1.82) is 0 Å². The van der Waals surface area contributed by atoms with E-state index in [1.54, 1.807) is 13.8 Å². The van der Waals surface area contributed by atoms with Gasteiger partial charge in [-0.05, 0) is 46.3 Å². The number of nitrogens with zero attached hydrogens (tertiary/aromatic N) is 3. The van der Waals surface area contributed by atoms with Gasteiger partial charge in [0.15, 0.2) is 15.8 Å². The smallest absolute Gasteiger partial charge is 0.193 e. The minimum absolute atomic E-state index is 0. The van der Waals surface area contributed by atoms with Crippen LogP contribution < -0.4 is 5.32 Å². The molecule has 1 aromatic rings. The first-order chi connectivity index (χ1) is 12.7. The Bertz CT molecular complexity index is 723. The third-order valence-corrected chi connectivity index (χ3v) is 7.47. The van der Waals surface area contributed by atoms with Gasteiger partial charge in [0, 0.05) is 32.7 Å². The van der Waals surface area contributed by atoms with Crippen molar-refractivity contribution in [3.8, 4) is 0 Å². The molecule has 1 fully saturated rings. The maximum atomic E-state index is 12.2. The molecule has 1 saturated heterocycles. The summed E-state index contributed by atoms with van der Waals surface area (Å²) in [6.45, 7) is 10.0. The van der Waals surface area contributed by atoms with Crippen LogP contribution in [0.1, 0.15) is 32.8 Å². The lowest BCUT2D eigenvalue weighted by atomic mass is 10.2.